The SMILES string of the molecule is COc1cc(CCc2ccccc2)c(OC)c(OC)c1OC. The maximum Gasteiger partial charge on any atom is 0.207 e. The Morgan fingerprint density at radius 3 is 1.86 bits per heavy atom. The van der Waals surface area contributed by atoms with Gasteiger partial charge in [-0.3, -0.25) is 0 Å². The van der Waals surface area contributed by atoms with E-state index in [1.165, 1.54) is 5.56 Å². The van der Waals surface area contributed by atoms with E-state index in [4.69, 9.17) is 18.9 Å². The van der Waals surface area contributed by atoms with Gasteiger partial charge in [0.1, 0.15) is 0 Å². The molecular formula is C18H22O4. The minimum absolute atomic E-state index is 0.547. The highest BCUT2D eigenvalue weighted by atomic mass is 16.5. The molecule has 0 saturated heterocycles. The number of hydrogen-bond donors (Lipinski definition) is 0. The molecule has 2 rings (SSSR count). The summed E-state index contributed by atoms with van der Waals surface area (Å²) >= 11 is 0. The Balaban J connectivity index is 2.37. The van der Waals surface area contributed by atoms with Crippen LogP contribution >= 0.6 is 0 Å². The molecule has 2 aromatic rings. The molecule has 0 bridgehead atoms. The molecule has 0 unspecified atom stereocenters. The summed E-state index contributed by atoms with van der Waals surface area (Å²) in [6.45, 7) is 0. The molecule has 0 aliphatic rings. The van der Waals surface area contributed by atoms with Crippen LogP contribution < -0.4 is 18.9 Å². The zero-order valence-corrected chi connectivity index (χ0v) is 13.5. The third-order valence-electron chi connectivity index (χ3n) is 3.59. The highest BCUT2D eigenvalue weighted by Crippen LogP contribution is 2.46. The standard InChI is InChI=1S/C18H22O4/c1-19-15-12-14(11-10-13-8-6-5-7-9-13)16(20-2)18(22-4)17(15)21-3/h5-9,12H,10-11H2,1-4H3. The number of aryl methyl sites for hydroxylation is 2. The van der Waals surface area contributed by atoms with Crippen molar-refractivity contribution in [3.8, 4) is 23.0 Å². The van der Waals surface area contributed by atoms with Crippen molar-refractivity contribution in [2.45, 2.75) is 12.8 Å². The third-order valence-corrected chi connectivity index (χ3v) is 3.59. The normalized spacial score (nSPS) is 10.2. The smallest absolute Gasteiger partial charge is 0.207 e. The zero-order chi connectivity index (χ0) is 15.9. The molecule has 0 aliphatic heterocycles. The molecule has 0 spiro atoms. The van der Waals surface area contributed by atoms with E-state index in [0.29, 0.717) is 23.0 Å². The highest BCUT2D eigenvalue weighted by molar-refractivity contribution is 5.63. The van der Waals surface area contributed by atoms with Crippen LogP contribution in [-0.2, 0) is 12.8 Å². The predicted octanol–water partition coefficient (Wildman–Crippen LogP) is 3.51. The van der Waals surface area contributed by atoms with Crippen molar-refractivity contribution >= 4 is 0 Å². The Labute approximate surface area is 131 Å². The summed E-state index contributed by atoms with van der Waals surface area (Å²) < 4.78 is 21.8. The van der Waals surface area contributed by atoms with Crippen molar-refractivity contribution in [3.63, 3.8) is 0 Å². The first-order valence-corrected chi connectivity index (χ1v) is 7.14. The molecule has 0 aromatic heterocycles. The molecule has 0 amide bonds. The van der Waals surface area contributed by atoms with Gasteiger partial charge in [0.25, 0.3) is 0 Å². The molecule has 118 valence electrons. The van der Waals surface area contributed by atoms with E-state index in [2.05, 4.69) is 12.1 Å². The number of ether oxygens (including phenoxy) is 4. The quantitative estimate of drug-likeness (QED) is 0.784. The summed E-state index contributed by atoms with van der Waals surface area (Å²) in [5, 5.41) is 0. The maximum atomic E-state index is 5.54. The van der Waals surface area contributed by atoms with Gasteiger partial charge in [0, 0.05) is 5.56 Å². The average Bonchev–Trinajstić information content (AvgIpc) is 2.58. The van der Waals surface area contributed by atoms with Crippen molar-refractivity contribution in [1.29, 1.82) is 0 Å². The topological polar surface area (TPSA) is 36.9 Å². The lowest BCUT2D eigenvalue weighted by Gasteiger charge is -2.18. The van der Waals surface area contributed by atoms with Crippen molar-refractivity contribution < 1.29 is 18.9 Å². The van der Waals surface area contributed by atoms with E-state index in [0.717, 1.165) is 18.4 Å². The van der Waals surface area contributed by atoms with E-state index in [9.17, 15) is 0 Å². The molecule has 0 fully saturated rings. The Bertz CT molecular complexity index is 608. The van der Waals surface area contributed by atoms with Crippen LogP contribution in [0.2, 0.25) is 0 Å². The predicted molar refractivity (Wildman–Crippen MR) is 86.5 cm³/mol. The highest BCUT2D eigenvalue weighted by Gasteiger charge is 2.21. The Kier molecular flexibility index (Phi) is 5.53. The fourth-order valence-corrected chi connectivity index (χ4v) is 2.51. The number of methoxy groups -OCH3 is 4. The van der Waals surface area contributed by atoms with Gasteiger partial charge in [0.15, 0.2) is 11.5 Å². The molecule has 2 aromatic carbocycles. The first-order valence-electron chi connectivity index (χ1n) is 7.14. The lowest BCUT2D eigenvalue weighted by Crippen LogP contribution is -2.02. The van der Waals surface area contributed by atoms with Crippen LogP contribution in [0.3, 0.4) is 0 Å². The summed E-state index contributed by atoms with van der Waals surface area (Å²) in [5.74, 6) is 2.44. The summed E-state index contributed by atoms with van der Waals surface area (Å²) in [5.41, 5.74) is 2.30. The minimum atomic E-state index is 0.547. The summed E-state index contributed by atoms with van der Waals surface area (Å²) in [4.78, 5) is 0. The van der Waals surface area contributed by atoms with Crippen molar-refractivity contribution in [3.05, 3.63) is 47.5 Å². The maximum absolute atomic E-state index is 5.54. The molecule has 0 radical (unpaired) electrons. The fraction of sp³-hybridized carbons (Fsp3) is 0.333. The largest absolute Gasteiger partial charge is 0.493 e. The summed E-state index contributed by atoms with van der Waals surface area (Å²) in [6, 6.07) is 12.3. The molecule has 4 nitrogen and oxygen atoms in total. The molecule has 0 aliphatic carbocycles. The van der Waals surface area contributed by atoms with Crippen LogP contribution in [-0.4, -0.2) is 28.4 Å². The molecule has 0 atom stereocenters. The molecular weight excluding hydrogens is 280 g/mol. The van der Waals surface area contributed by atoms with Crippen LogP contribution in [0.4, 0.5) is 0 Å². The fourth-order valence-electron chi connectivity index (χ4n) is 2.51. The van der Waals surface area contributed by atoms with Crippen LogP contribution in [0.25, 0.3) is 0 Å². The van der Waals surface area contributed by atoms with E-state index in [1.807, 2.05) is 24.3 Å². The summed E-state index contributed by atoms with van der Waals surface area (Å²) in [6.07, 6.45) is 1.74. The monoisotopic (exact) mass is 302 g/mol. The lowest BCUT2D eigenvalue weighted by molar-refractivity contribution is 0.303. The Morgan fingerprint density at radius 1 is 0.682 bits per heavy atom. The number of hydrogen-bond acceptors (Lipinski definition) is 4. The van der Waals surface area contributed by atoms with E-state index in [1.54, 1.807) is 28.4 Å². The Morgan fingerprint density at radius 2 is 1.32 bits per heavy atom. The van der Waals surface area contributed by atoms with Gasteiger partial charge in [-0.15, -0.1) is 0 Å². The minimum Gasteiger partial charge on any atom is -0.493 e. The van der Waals surface area contributed by atoms with E-state index < -0.39 is 0 Å². The van der Waals surface area contributed by atoms with Crippen LogP contribution in [0.15, 0.2) is 36.4 Å². The zero-order valence-electron chi connectivity index (χ0n) is 13.5. The van der Waals surface area contributed by atoms with Gasteiger partial charge in [-0.1, -0.05) is 30.3 Å². The third kappa shape index (κ3) is 3.27. The number of benzene rings is 2. The van der Waals surface area contributed by atoms with Gasteiger partial charge in [-0.2, -0.15) is 0 Å². The van der Waals surface area contributed by atoms with Crippen molar-refractivity contribution in [1.82, 2.24) is 0 Å². The van der Waals surface area contributed by atoms with E-state index >= 15 is 0 Å². The lowest BCUT2D eigenvalue weighted by atomic mass is 10.0. The second kappa shape index (κ2) is 7.59. The van der Waals surface area contributed by atoms with Crippen molar-refractivity contribution in [2.75, 3.05) is 28.4 Å². The molecule has 0 saturated carbocycles. The van der Waals surface area contributed by atoms with Crippen LogP contribution in [0.1, 0.15) is 11.1 Å². The van der Waals surface area contributed by atoms with Gasteiger partial charge in [-0.25, -0.2) is 0 Å². The second-order valence-electron chi connectivity index (χ2n) is 4.82. The first-order chi connectivity index (χ1) is 10.7. The van der Waals surface area contributed by atoms with Gasteiger partial charge in [0.05, 0.1) is 28.4 Å². The van der Waals surface area contributed by atoms with Crippen LogP contribution in [0, 0.1) is 0 Å². The average molecular weight is 302 g/mol. The van der Waals surface area contributed by atoms with E-state index in [-0.39, 0.29) is 0 Å². The van der Waals surface area contributed by atoms with Crippen LogP contribution in [0.5, 0.6) is 23.0 Å². The van der Waals surface area contributed by atoms with Gasteiger partial charge >= 0.3 is 0 Å². The van der Waals surface area contributed by atoms with Gasteiger partial charge in [-0.05, 0) is 24.5 Å². The van der Waals surface area contributed by atoms with Gasteiger partial charge < -0.3 is 18.9 Å². The first kappa shape index (κ1) is 16.0. The molecule has 22 heavy (non-hydrogen) atoms. The van der Waals surface area contributed by atoms with Crippen molar-refractivity contribution in [2.24, 2.45) is 0 Å². The second-order valence-corrected chi connectivity index (χ2v) is 4.82. The molecule has 0 heterocycles. The summed E-state index contributed by atoms with van der Waals surface area (Å²) in [7, 11) is 6.44. The molecule has 0 N–H and O–H groups in total. The van der Waals surface area contributed by atoms with Gasteiger partial charge in [0.2, 0.25) is 11.5 Å². The Hall–Kier alpha value is -2.36. The molecule has 4 heteroatoms. The number of rotatable bonds is 7.